The molecule has 0 aromatic carbocycles. The van der Waals surface area contributed by atoms with E-state index in [9.17, 15) is 0 Å². The van der Waals surface area contributed by atoms with Gasteiger partial charge in [0.25, 0.3) is 0 Å². The van der Waals surface area contributed by atoms with Crippen molar-refractivity contribution < 1.29 is 0 Å². The molecule has 4 unspecified atom stereocenters. The predicted octanol–water partition coefficient (Wildman–Crippen LogP) is 3.99. The highest BCUT2D eigenvalue weighted by atomic mass is 79.9. The van der Waals surface area contributed by atoms with Gasteiger partial charge >= 0.3 is 0 Å². The highest BCUT2D eigenvalue weighted by molar-refractivity contribution is 9.09. The average Bonchev–Trinajstić information content (AvgIpc) is 2.95. The van der Waals surface area contributed by atoms with Gasteiger partial charge in [-0.05, 0) is 60.6 Å². The Morgan fingerprint density at radius 2 is 1.81 bits per heavy atom. The maximum atomic E-state index is 4.09. The van der Waals surface area contributed by atoms with Crippen LogP contribution in [-0.2, 0) is 0 Å². The van der Waals surface area contributed by atoms with E-state index in [2.05, 4.69) is 40.0 Å². The number of rotatable bonds is 3. The third-order valence-electron chi connectivity index (χ3n) is 4.44. The first kappa shape index (κ1) is 10.8. The van der Waals surface area contributed by atoms with Gasteiger partial charge in [-0.25, -0.2) is 0 Å². The van der Waals surface area contributed by atoms with Gasteiger partial charge in [0.05, 0.1) is 0 Å². The van der Waals surface area contributed by atoms with Crippen LogP contribution >= 0.6 is 15.9 Å². The van der Waals surface area contributed by atoms with Crippen LogP contribution in [0, 0.1) is 17.8 Å². The van der Waals surface area contributed by atoms with Crippen LogP contribution in [0.2, 0.25) is 0 Å². The van der Waals surface area contributed by atoms with Crippen LogP contribution in [0.1, 0.15) is 37.7 Å². The maximum absolute atomic E-state index is 4.09. The highest BCUT2D eigenvalue weighted by Gasteiger charge is 2.48. The first-order valence-corrected chi connectivity index (χ1v) is 7.21. The summed E-state index contributed by atoms with van der Waals surface area (Å²) in [4.78, 5) is 4.73. The molecule has 0 bridgehead atoms. The monoisotopic (exact) mass is 279 g/mol. The van der Waals surface area contributed by atoms with Crippen LogP contribution in [0.5, 0.6) is 0 Å². The molecule has 1 nitrogen and oxygen atoms in total. The number of hydrogen-bond donors (Lipinski definition) is 0. The molecule has 0 spiro atoms. The van der Waals surface area contributed by atoms with Crippen molar-refractivity contribution in [1.29, 1.82) is 0 Å². The van der Waals surface area contributed by atoms with Gasteiger partial charge in [-0.15, -0.1) is 0 Å². The third-order valence-corrected chi connectivity index (χ3v) is 5.98. The summed E-state index contributed by atoms with van der Waals surface area (Å²) in [5, 5.41) is 0. The standard InChI is InChI=1S/C14H18BrN/c1-9(10-2-4-16-5-3-10)14(15)13-7-11-6-12(11)8-13/h2-5,9,11-14H,6-8H2,1H3. The lowest BCUT2D eigenvalue weighted by Gasteiger charge is -2.25. The quantitative estimate of drug-likeness (QED) is 0.763. The van der Waals surface area contributed by atoms with E-state index in [1.807, 2.05) is 12.4 Å². The molecular weight excluding hydrogens is 262 g/mol. The molecule has 1 heterocycles. The van der Waals surface area contributed by atoms with Gasteiger partial charge in [-0.1, -0.05) is 22.9 Å². The van der Waals surface area contributed by atoms with Crippen molar-refractivity contribution in [2.45, 2.75) is 36.9 Å². The normalized spacial score (nSPS) is 35.5. The second-order valence-electron chi connectivity index (χ2n) is 5.50. The maximum Gasteiger partial charge on any atom is 0.0270 e. The SMILES string of the molecule is CC(c1ccncc1)C(Br)C1CC2CC2C1. The van der Waals surface area contributed by atoms with Gasteiger partial charge in [-0.2, -0.15) is 0 Å². The molecule has 2 heteroatoms. The van der Waals surface area contributed by atoms with Crippen molar-refractivity contribution in [2.24, 2.45) is 17.8 Å². The fourth-order valence-corrected chi connectivity index (χ4v) is 4.02. The zero-order valence-electron chi connectivity index (χ0n) is 9.64. The van der Waals surface area contributed by atoms with Crippen molar-refractivity contribution >= 4 is 15.9 Å². The molecule has 16 heavy (non-hydrogen) atoms. The zero-order valence-corrected chi connectivity index (χ0v) is 11.2. The molecule has 86 valence electrons. The van der Waals surface area contributed by atoms with Crippen LogP contribution in [0.15, 0.2) is 24.5 Å². The fraction of sp³-hybridized carbons (Fsp3) is 0.643. The lowest BCUT2D eigenvalue weighted by molar-refractivity contribution is 0.440. The second-order valence-corrected chi connectivity index (χ2v) is 6.56. The lowest BCUT2D eigenvalue weighted by atomic mass is 9.88. The third kappa shape index (κ3) is 1.92. The first-order chi connectivity index (χ1) is 7.75. The number of hydrogen-bond acceptors (Lipinski definition) is 1. The van der Waals surface area contributed by atoms with E-state index >= 15 is 0 Å². The van der Waals surface area contributed by atoms with Crippen molar-refractivity contribution in [1.82, 2.24) is 4.98 Å². The number of alkyl halides is 1. The molecule has 3 rings (SSSR count). The van der Waals surface area contributed by atoms with Gasteiger partial charge < -0.3 is 0 Å². The molecule has 0 saturated heterocycles. The summed E-state index contributed by atoms with van der Waals surface area (Å²) < 4.78 is 0. The van der Waals surface area contributed by atoms with E-state index < -0.39 is 0 Å². The molecule has 0 amide bonds. The highest BCUT2D eigenvalue weighted by Crippen LogP contribution is 2.57. The zero-order chi connectivity index (χ0) is 11.1. The number of nitrogens with zero attached hydrogens (tertiary/aromatic N) is 1. The number of pyridine rings is 1. The van der Waals surface area contributed by atoms with E-state index in [1.165, 1.54) is 24.8 Å². The van der Waals surface area contributed by atoms with Gasteiger partial charge in [0.2, 0.25) is 0 Å². The minimum absolute atomic E-state index is 0.602. The minimum atomic E-state index is 0.602. The molecule has 0 aliphatic heterocycles. The van der Waals surface area contributed by atoms with Gasteiger partial charge in [-0.3, -0.25) is 4.98 Å². The van der Waals surface area contributed by atoms with Crippen LogP contribution in [0.3, 0.4) is 0 Å². The van der Waals surface area contributed by atoms with Gasteiger partial charge in [0.15, 0.2) is 0 Å². The molecule has 0 N–H and O–H groups in total. The Labute approximate surface area is 106 Å². The Balaban J connectivity index is 1.68. The summed E-state index contributed by atoms with van der Waals surface area (Å²) in [6.07, 6.45) is 8.22. The van der Waals surface area contributed by atoms with Crippen LogP contribution in [0.4, 0.5) is 0 Å². The van der Waals surface area contributed by atoms with E-state index in [1.54, 1.807) is 0 Å². The number of fused-ring (bicyclic) bond motifs is 1. The lowest BCUT2D eigenvalue weighted by Crippen LogP contribution is -2.19. The Bertz CT molecular complexity index is 354. The summed E-state index contributed by atoms with van der Waals surface area (Å²) >= 11 is 3.93. The largest absolute Gasteiger partial charge is 0.265 e. The number of halogens is 1. The van der Waals surface area contributed by atoms with Crippen LogP contribution in [0.25, 0.3) is 0 Å². The summed E-state index contributed by atoms with van der Waals surface area (Å²) in [6.45, 7) is 2.33. The average molecular weight is 280 g/mol. The molecule has 0 radical (unpaired) electrons. The number of aromatic nitrogens is 1. The first-order valence-electron chi connectivity index (χ1n) is 6.29. The predicted molar refractivity (Wildman–Crippen MR) is 69.7 cm³/mol. The van der Waals surface area contributed by atoms with Crippen molar-refractivity contribution in [3.63, 3.8) is 0 Å². The molecule has 4 atom stereocenters. The van der Waals surface area contributed by atoms with E-state index in [0.717, 1.165) is 17.8 Å². The summed E-state index contributed by atoms with van der Waals surface area (Å²) in [6, 6.07) is 4.29. The van der Waals surface area contributed by atoms with E-state index in [0.29, 0.717) is 10.7 Å². The Hall–Kier alpha value is -0.370. The van der Waals surface area contributed by atoms with Crippen LogP contribution < -0.4 is 0 Å². The topological polar surface area (TPSA) is 12.9 Å². The summed E-state index contributed by atoms with van der Waals surface area (Å²) in [7, 11) is 0. The van der Waals surface area contributed by atoms with Crippen molar-refractivity contribution in [3.8, 4) is 0 Å². The molecule has 2 fully saturated rings. The summed E-state index contributed by atoms with van der Waals surface area (Å²) in [5.74, 6) is 3.65. The van der Waals surface area contributed by atoms with Crippen molar-refractivity contribution in [2.75, 3.05) is 0 Å². The van der Waals surface area contributed by atoms with Gasteiger partial charge in [0, 0.05) is 17.2 Å². The minimum Gasteiger partial charge on any atom is -0.265 e. The Morgan fingerprint density at radius 1 is 1.19 bits per heavy atom. The van der Waals surface area contributed by atoms with E-state index in [-0.39, 0.29) is 0 Å². The van der Waals surface area contributed by atoms with E-state index in [4.69, 9.17) is 0 Å². The fourth-order valence-electron chi connectivity index (χ4n) is 3.28. The molecule has 2 aliphatic rings. The van der Waals surface area contributed by atoms with Crippen LogP contribution in [-0.4, -0.2) is 9.81 Å². The molecular formula is C14H18BrN. The smallest absolute Gasteiger partial charge is 0.0270 e. The van der Waals surface area contributed by atoms with Gasteiger partial charge in [0.1, 0.15) is 0 Å². The molecule has 1 aromatic rings. The summed E-state index contributed by atoms with van der Waals surface area (Å²) in [5.41, 5.74) is 1.41. The Kier molecular flexibility index (Phi) is 2.78. The molecule has 1 aromatic heterocycles. The Morgan fingerprint density at radius 3 is 2.44 bits per heavy atom. The van der Waals surface area contributed by atoms with Crippen molar-refractivity contribution in [3.05, 3.63) is 30.1 Å². The molecule has 2 saturated carbocycles. The second kappa shape index (κ2) is 4.14. The molecule has 2 aliphatic carbocycles.